The lowest BCUT2D eigenvalue weighted by Gasteiger charge is -2.20. The van der Waals surface area contributed by atoms with Crippen LogP contribution >= 0.6 is 11.6 Å². The summed E-state index contributed by atoms with van der Waals surface area (Å²) in [7, 11) is -2.17. The molecule has 0 saturated heterocycles. The number of hydrogen-bond donors (Lipinski definition) is 2. The summed E-state index contributed by atoms with van der Waals surface area (Å²) in [5, 5.41) is 8.02. The molecule has 5 aromatic rings. The van der Waals surface area contributed by atoms with Crippen LogP contribution in [0.15, 0.2) is 47.4 Å². The fraction of sp³-hybridized carbons (Fsp3) is 0.231. The summed E-state index contributed by atoms with van der Waals surface area (Å²) in [6, 6.07) is 9.86. The zero-order valence-corrected chi connectivity index (χ0v) is 23.8. The average Bonchev–Trinajstić information content (AvgIpc) is 3.25. The van der Waals surface area contributed by atoms with Crippen molar-refractivity contribution in [3.05, 3.63) is 80.7 Å². The van der Waals surface area contributed by atoms with Crippen LogP contribution in [0, 0.1) is 13.8 Å². The highest BCUT2D eigenvalue weighted by Crippen LogP contribution is 2.29. The van der Waals surface area contributed by atoms with Gasteiger partial charge in [0.25, 0.3) is 11.5 Å². The van der Waals surface area contributed by atoms with Gasteiger partial charge in [-0.1, -0.05) is 17.7 Å². The predicted octanol–water partition coefficient (Wildman–Crippen LogP) is 3.17. The molecule has 0 bridgehead atoms. The van der Waals surface area contributed by atoms with Gasteiger partial charge in [0.15, 0.2) is 11.3 Å². The number of hydrogen-bond acceptors (Lipinski definition) is 9. The van der Waals surface area contributed by atoms with Crippen molar-refractivity contribution in [1.29, 1.82) is 0 Å². The molecule has 0 aliphatic rings. The van der Waals surface area contributed by atoms with Crippen molar-refractivity contribution in [2.45, 2.75) is 26.8 Å². The van der Waals surface area contributed by atoms with Gasteiger partial charge in [-0.25, -0.2) is 32.6 Å². The van der Waals surface area contributed by atoms with Crippen molar-refractivity contribution in [1.82, 2.24) is 33.9 Å². The summed E-state index contributed by atoms with van der Waals surface area (Å²) in [6.07, 6.45) is 2.64. The first-order valence-electron chi connectivity index (χ1n) is 12.1. The van der Waals surface area contributed by atoms with E-state index < -0.39 is 22.0 Å². The number of halogens is 1. The molecular formula is C26H25ClN8O4S. The molecule has 0 radical (unpaired) electrons. The van der Waals surface area contributed by atoms with E-state index in [1.54, 1.807) is 30.8 Å². The summed E-state index contributed by atoms with van der Waals surface area (Å²) in [5.41, 5.74) is 3.19. The molecular weight excluding hydrogens is 556 g/mol. The number of amides is 1. The number of aryl methyl sites for hydroxylation is 2. The van der Waals surface area contributed by atoms with Gasteiger partial charge in [0.2, 0.25) is 10.0 Å². The monoisotopic (exact) mass is 580 g/mol. The minimum Gasteiger partial charge on any atom is -0.377 e. The number of aromatic nitrogens is 6. The van der Waals surface area contributed by atoms with Gasteiger partial charge in [-0.15, -0.1) is 0 Å². The lowest BCUT2D eigenvalue weighted by molar-refractivity contribution is 0.0977. The number of nitrogens with one attached hydrogen (secondary N) is 2. The number of nitrogens with zero attached hydrogens (tertiary/aromatic N) is 6. The van der Waals surface area contributed by atoms with Gasteiger partial charge in [0.1, 0.15) is 16.8 Å². The third-order valence-electron chi connectivity index (χ3n) is 6.24. The zero-order chi connectivity index (χ0) is 28.9. The van der Waals surface area contributed by atoms with Gasteiger partial charge in [-0.2, -0.15) is 5.10 Å². The minimum atomic E-state index is -3.84. The van der Waals surface area contributed by atoms with Crippen molar-refractivity contribution in [2.24, 2.45) is 7.05 Å². The molecule has 1 amide bonds. The van der Waals surface area contributed by atoms with Crippen molar-refractivity contribution in [3.63, 3.8) is 0 Å². The summed E-state index contributed by atoms with van der Waals surface area (Å²) in [6.45, 7) is 5.51. The molecule has 14 heteroatoms. The zero-order valence-electron chi connectivity index (χ0n) is 22.2. The maximum atomic E-state index is 13.5. The first-order valence-corrected chi connectivity index (χ1v) is 14.4. The van der Waals surface area contributed by atoms with E-state index in [0.717, 1.165) is 11.8 Å². The highest BCUT2D eigenvalue weighted by atomic mass is 35.5. The molecule has 4 aromatic heterocycles. The average molecular weight is 581 g/mol. The van der Waals surface area contributed by atoms with E-state index in [4.69, 9.17) is 16.6 Å². The maximum absolute atomic E-state index is 13.5. The van der Waals surface area contributed by atoms with Crippen LogP contribution in [-0.4, -0.2) is 49.7 Å². The molecule has 0 aliphatic carbocycles. The van der Waals surface area contributed by atoms with Gasteiger partial charge < -0.3 is 5.32 Å². The summed E-state index contributed by atoms with van der Waals surface area (Å²) >= 11 is 6.00. The van der Waals surface area contributed by atoms with Crippen molar-refractivity contribution >= 4 is 49.8 Å². The SMILES string of the molecule is Cc1cc([C@@H](C)Nc2ccc(Cl)nc2C(=O)NS(C)(=O)=O)c2nc(-c3ccc4nc(C)nn4c3)n(C)c(=O)c2c1. The highest BCUT2D eigenvalue weighted by molar-refractivity contribution is 7.89. The fourth-order valence-electron chi connectivity index (χ4n) is 4.52. The Labute approximate surface area is 234 Å². The van der Waals surface area contributed by atoms with E-state index in [9.17, 15) is 18.0 Å². The smallest absolute Gasteiger partial charge is 0.285 e. The molecule has 0 unspecified atom stereocenters. The second-order valence-electron chi connectivity index (χ2n) is 9.53. The van der Waals surface area contributed by atoms with Crippen molar-refractivity contribution < 1.29 is 13.2 Å². The third-order valence-corrected chi connectivity index (χ3v) is 7.01. The van der Waals surface area contributed by atoms with E-state index in [1.165, 1.54) is 16.7 Å². The standard InChI is InChI=1S/C26H25ClN8O4S/c1-13-10-17(14(2)28-19-7-8-20(27)30-23(19)25(36)33-40(5,38)39)22-18(11-13)26(37)34(4)24(31-22)16-6-9-21-29-15(3)32-35(21)12-16/h6-12,14,28H,1-5H3,(H,33,36)/t14-/m1/s1. The van der Waals surface area contributed by atoms with Crippen molar-refractivity contribution in [2.75, 3.05) is 11.6 Å². The topological polar surface area (TPSA) is 153 Å². The van der Waals surface area contributed by atoms with E-state index in [1.807, 2.05) is 36.8 Å². The molecule has 0 saturated carbocycles. The van der Waals surface area contributed by atoms with Crippen LogP contribution in [0.25, 0.3) is 27.9 Å². The van der Waals surface area contributed by atoms with E-state index in [0.29, 0.717) is 39.3 Å². The van der Waals surface area contributed by atoms with Crippen LogP contribution < -0.4 is 15.6 Å². The van der Waals surface area contributed by atoms with E-state index in [-0.39, 0.29) is 22.1 Å². The molecule has 12 nitrogen and oxygen atoms in total. The maximum Gasteiger partial charge on any atom is 0.285 e. The van der Waals surface area contributed by atoms with Gasteiger partial charge in [-0.05, 0) is 56.7 Å². The Balaban J connectivity index is 1.62. The molecule has 1 aromatic carbocycles. The van der Waals surface area contributed by atoms with Gasteiger partial charge in [0.05, 0.1) is 28.9 Å². The van der Waals surface area contributed by atoms with Crippen LogP contribution in [0.5, 0.6) is 0 Å². The molecule has 4 heterocycles. The Morgan fingerprint density at radius 3 is 2.55 bits per heavy atom. The Kier molecular flexibility index (Phi) is 6.80. The Morgan fingerprint density at radius 1 is 1.07 bits per heavy atom. The Hall–Kier alpha value is -4.36. The molecule has 5 rings (SSSR count). The van der Waals surface area contributed by atoms with Crippen LogP contribution in [0.3, 0.4) is 0 Å². The quantitative estimate of drug-likeness (QED) is 0.288. The Bertz CT molecular complexity index is 2000. The summed E-state index contributed by atoms with van der Waals surface area (Å²) in [4.78, 5) is 39.5. The lowest BCUT2D eigenvalue weighted by atomic mass is 10.0. The van der Waals surface area contributed by atoms with Crippen LogP contribution in [-0.2, 0) is 17.1 Å². The molecule has 40 heavy (non-hydrogen) atoms. The lowest BCUT2D eigenvalue weighted by Crippen LogP contribution is -2.31. The summed E-state index contributed by atoms with van der Waals surface area (Å²) < 4.78 is 28.4. The van der Waals surface area contributed by atoms with Crippen LogP contribution in [0.1, 0.15) is 40.4 Å². The van der Waals surface area contributed by atoms with E-state index >= 15 is 0 Å². The number of rotatable bonds is 6. The first kappa shape index (κ1) is 27.2. The molecule has 0 aliphatic heterocycles. The number of anilines is 1. The fourth-order valence-corrected chi connectivity index (χ4v) is 5.10. The highest BCUT2D eigenvalue weighted by Gasteiger charge is 2.22. The van der Waals surface area contributed by atoms with Crippen LogP contribution in [0.2, 0.25) is 5.15 Å². The number of benzene rings is 1. The second kappa shape index (κ2) is 9.99. The second-order valence-corrected chi connectivity index (χ2v) is 11.7. The van der Waals surface area contributed by atoms with Crippen LogP contribution in [0.4, 0.5) is 5.69 Å². The first-order chi connectivity index (χ1) is 18.8. The largest absolute Gasteiger partial charge is 0.377 e. The number of pyridine rings is 2. The third kappa shape index (κ3) is 5.25. The van der Waals surface area contributed by atoms with Crippen molar-refractivity contribution in [3.8, 4) is 11.4 Å². The predicted molar refractivity (Wildman–Crippen MR) is 152 cm³/mol. The van der Waals surface area contributed by atoms with E-state index in [2.05, 4.69) is 20.4 Å². The molecule has 0 spiro atoms. The normalized spacial score (nSPS) is 12.6. The van der Waals surface area contributed by atoms with Gasteiger partial charge in [-0.3, -0.25) is 14.2 Å². The number of sulfonamides is 1. The number of carbonyl (C=O) groups is 1. The molecule has 0 fully saturated rings. The molecule has 2 N–H and O–H groups in total. The molecule has 1 atom stereocenters. The minimum absolute atomic E-state index is 0.0206. The molecule has 206 valence electrons. The number of carbonyl (C=O) groups excluding carboxylic acids is 1. The summed E-state index contributed by atoms with van der Waals surface area (Å²) in [5.74, 6) is 0.129. The van der Waals surface area contributed by atoms with Gasteiger partial charge in [0, 0.05) is 24.4 Å². The number of fused-ring (bicyclic) bond motifs is 2. The Morgan fingerprint density at radius 2 is 1.82 bits per heavy atom. The van der Waals surface area contributed by atoms with Gasteiger partial charge >= 0.3 is 0 Å².